The van der Waals surface area contributed by atoms with Gasteiger partial charge < -0.3 is 5.11 Å². The summed E-state index contributed by atoms with van der Waals surface area (Å²) in [5.41, 5.74) is 2.05. The molecule has 1 N–H and O–H groups in total. The van der Waals surface area contributed by atoms with Crippen molar-refractivity contribution in [2.24, 2.45) is 10.2 Å². The molecule has 0 aliphatic rings. The molecule has 0 aliphatic carbocycles. The number of non-ortho nitro benzene ring substituents is 1. The predicted octanol–water partition coefficient (Wildman–Crippen LogP) is 5.04. The lowest BCUT2D eigenvalue weighted by atomic mass is 10.1. The van der Waals surface area contributed by atoms with Gasteiger partial charge in [-0.1, -0.05) is 30.7 Å². The minimum Gasteiger partial charge on any atom is -0.395 e. The molecule has 0 radical (unpaired) electrons. The number of benzene rings is 2. The number of likely N-dealkylation sites (N-methyl/N-ethyl adjacent to an activating group) is 1. The lowest BCUT2D eigenvalue weighted by Gasteiger charge is -2.27. The van der Waals surface area contributed by atoms with Crippen molar-refractivity contribution in [1.82, 2.24) is 4.90 Å². The number of hydrogen-bond donors (Lipinski definition) is 1. The summed E-state index contributed by atoms with van der Waals surface area (Å²) in [4.78, 5) is 12.4. The summed E-state index contributed by atoms with van der Waals surface area (Å²) in [6.07, 6.45) is 0. The van der Waals surface area contributed by atoms with Crippen molar-refractivity contribution in [2.75, 3.05) is 19.7 Å². The largest absolute Gasteiger partial charge is 0.395 e. The maximum absolute atomic E-state index is 10.7. The molecule has 0 aliphatic heterocycles. The second kappa shape index (κ2) is 9.38. The number of aliphatic hydroxyl groups excluding tert-OH is 1. The van der Waals surface area contributed by atoms with Gasteiger partial charge in [0.25, 0.3) is 5.69 Å². The van der Waals surface area contributed by atoms with Gasteiger partial charge in [-0.15, -0.1) is 5.11 Å². The van der Waals surface area contributed by atoms with Crippen molar-refractivity contribution in [2.45, 2.75) is 19.9 Å². The fraction of sp³-hybridized carbons (Fsp3) is 0.333. The first-order valence-electron chi connectivity index (χ1n) is 8.26. The van der Waals surface area contributed by atoms with Gasteiger partial charge in [0, 0.05) is 24.7 Å². The van der Waals surface area contributed by atoms with Crippen molar-refractivity contribution in [3.63, 3.8) is 0 Å². The number of nitro groups is 1. The molecule has 1 unspecified atom stereocenters. The maximum atomic E-state index is 10.7. The standard InChI is InChI=1S/C18H21ClN4O3/c1-3-22(10-11-24)13(2)14-4-6-15(7-5-14)20-21-18-9-8-16(23(25)26)12-17(18)19/h4-9,12-13,24H,3,10-11H2,1-2H3. The molecule has 0 saturated heterocycles. The first-order chi connectivity index (χ1) is 12.5. The van der Waals surface area contributed by atoms with E-state index in [1.54, 1.807) is 0 Å². The Morgan fingerprint density at radius 1 is 1.23 bits per heavy atom. The van der Waals surface area contributed by atoms with E-state index in [9.17, 15) is 10.1 Å². The fourth-order valence-electron chi connectivity index (χ4n) is 2.59. The van der Waals surface area contributed by atoms with Crippen molar-refractivity contribution < 1.29 is 10.0 Å². The van der Waals surface area contributed by atoms with Crippen LogP contribution in [0, 0.1) is 10.1 Å². The van der Waals surface area contributed by atoms with Crippen LogP contribution in [-0.2, 0) is 0 Å². The summed E-state index contributed by atoms with van der Waals surface area (Å²) in [7, 11) is 0. The first-order valence-corrected chi connectivity index (χ1v) is 8.64. The van der Waals surface area contributed by atoms with Gasteiger partial charge in [-0.3, -0.25) is 15.0 Å². The van der Waals surface area contributed by atoms with Crippen LogP contribution in [0.5, 0.6) is 0 Å². The molecule has 138 valence electrons. The smallest absolute Gasteiger partial charge is 0.271 e. The molecule has 26 heavy (non-hydrogen) atoms. The maximum Gasteiger partial charge on any atom is 0.271 e. The number of azo groups is 1. The highest BCUT2D eigenvalue weighted by Crippen LogP contribution is 2.30. The van der Waals surface area contributed by atoms with Crippen molar-refractivity contribution in [3.05, 3.63) is 63.2 Å². The molecule has 0 heterocycles. The summed E-state index contributed by atoms with van der Waals surface area (Å²) in [5, 5.41) is 28.2. The molecule has 2 aromatic carbocycles. The lowest BCUT2D eigenvalue weighted by molar-refractivity contribution is -0.384. The number of hydrogen-bond acceptors (Lipinski definition) is 6. The van der Waals surface area contributed by atoms with Gasteiger partial charge in [-0.2, -0.15) is 5.11 Å². The minimum atomic E-state index is -0.511. The van der Waals surface area contributed by atoms with E-state index in [-0.39, 0.29) is 23.4 Å². The summed E-state index contributed by atoms with van der Waals surface area (Å²) < 4.78 is 0. The second-order valence-corrected chi connectivity index (χ2v) is 6.12. The van der Waals surface area contributed by atoms with Crippen LogP contribution in [0.15, 0.2) is 52.7 Å². The first kappa shape index (κ1) is 20.0. The highest BCUT2D eigenvalue weighted by atomic mass is 35.5. The Morgan fingerprint density at radius 3 is 2.46 bits per heavy atom. The van der Waals surface area contributed by atoms with E-state index in [0.29, 0.717) is 17.9 Å². The Bertz CT molecular complexity index is 781. The Labute approximate surface area is 157 Å². The van der Waals surface area contributed by atoms with Gasteiger partial charge in [0.1, 0.15) is 5.69 Å². The van der Waals surface area contributed by atoms with E-state index in [1.807, 2.05) is 24.3 Å². The number of rotatable bonds is 8. The topological polar surface area (TPSA) is 91.3 Å². The SMILES string of the molecule is CCN(CCO)C(C)c1ccc(N=Nc2ccc([N+](=O)[O-])cc2Cl)cc1. The van der Waals surface area contributed by atoms with E-state index >= 15 is 0 Å². The van der Waals surface area contributed by atoms with Crippen LogP contribution < -0.4 is 0 Å². The summed E-state index contributed by atoms with van der Waals surface area (Å²) in [6, 6.07) is 11.9. The van der Waals surface area contributed by atoms with Crippen molar-refractivity contribution in [1.29, 1.82) is 0 Å². The molecule has 8 heteroatoms. The third kappa shape index (κ3) is 5.08. The third-order valence-electron chi connectivity index (χ3n) is 4.13. The molecule has 2 aromatic rings. The predicted molar refractivity (Wildman–Crippen MR) is 101 cm³/mol. The van der Waals surface area contributed by atoms with Crippen LogP contribution in [0.1, 0.15) is 25.5 Å². The van der Waals surface area contributed by atoms with Crippen LogP contribution in [0.2, 0.25) is 5.02 Å². The number of nitrogens with zero attached hydrogens (tertiary/aromatic N) is 4. The fourth-order valence-corrected chi connectivity index (χ4v) is 2.80. The monoisotopic (exact) mass is 376 g/mol. The van der Waals surface area contributed by atoms with Crippen LogP contribution in [0.3, 0.4) is 0 Å². The van der Waals surface area contributed by atoms with Gasteiger partial charge in [0.05, 0.1) is 22.2 Å². The van der Waals surface area contributed by atoms with Gasteiger partial charge in [-0.25, -0.2) is 0 Å². The molecular formula is C18H21ClN4O3. The van der Waals surface area contributed by atoms with E-state index in [4.69, 9.17) is 16.7 Å². The highest BCUT2D eigenvalue weighted by molar-refractivity contribution is 6.33. The zero-order valence-electron chi connectivity index (χ0n) is 14.7. The highest BCUT2D eigenvalue weighted by Gasteiger charge is 2.13. The van der Waals surface area contributed by atoms with E-state index in [1.165, 1.54) is 18.2 Å². The Kier molecular flexibility index (Phi) is 7.20. The molecule has 0 aromatic heterocycles. The molecule has 0 spiro atoms. The summed E-state index contributed by atoms with van der Waals surface area (Å²) >= 11 is 6.00. The average molecular weight is 377 g/mol. The average Bonchev–Trinajstić information content (AvgIpc) is 2.65. The zero-order chi connectivity index (χ0) is 19.1. The van der Waals surface area contributed by atoms with Crippen LogP contribution in [0.25, 0.3) is 0 Å². The molecule has 0 saturated carbocycles. The Morgan fingerprint density at radius 2 is 1.92 bits per heavy atom. The molecule has 2 rings (SSSR count). The molecule has 7 nitrogen and oxygen atoms in total. The van der Waals surface area contributed by atoms with Crippen molar-refractivity contribution in [3.8, 4) is 0 Å². The normalized spacial score (nSPS) is 12.7. The molecule has 1 atom stereocenters. The quantitative estimate of drug-likeness (QED) is 0.397. The van der Waals surface area contributed by atoms with E-state index < -0.39 is 4.92 Å². The van der Waals surface area contributed by atoms with Gasteiger partial charge >= 0.3 is 0 Å². The van der Waals surface area contributed by atoms with E-state index in [2.05, 4.69) is 29.0 Å². The number of aliphatic hydroxyl groups is 1. The molecule has 0 fully saturated rings. The molecule has 0 amide bonds. The van der Waals surface area contributed by atoms with Crippen LogP contribution >= 0.6 is 11.6 Å². The second-order valence-electron chi connectivity index (χ2n) is 5.71. The van der Waals surface area contributed by atoms with Crippen molar-refractivity contribution >= 4 is 28.7 Å². The molecule has 0 bridgehead atoms. The van der Waals surface area contributed by atoms with Crippen LogP contribution in [0.4, 0.5) is 17.1 Å². The van der Waals surface area contributed by atoms with Crippen LogP contribution in [-0.4, -0.2) is 34.6 Å². The van der Waals surface area contributed by atoms with Gasteiger partial charge in [-0.05, 0) is 37.2 Å². The van der Waals surface area contributed by atoms with E-state index in [0.717, 1.165) is 12.1 Å². The minimum absolute atomic E-state index is 0.0874. The molecular weight excluding hydrogens is 356 g/mol. The number of halogens is 1. The lowest BCUT2D eigenvalue weighted by Crippen LogP contribution is -2.29. The Hall–Kier alpha value is -2.35. The number of nitro benzene ring substituents is 1. The Balaban J connectivity index is 2.11. The zero-order valence-corrected chi connectivity index (χ0v) is 15.4. The van der Waals surface area contributed by atoms with Gasteiger partial charge in [0.2, 0.25) is 0 Å². The van der Waals surface area contributed by atoms with Gasteiger partial charge in [0.15, 0.2) is 0 Å². The summed E-state index contributed by atoms with van der Waals surface area (Å²) in [6.45, 7) is 5.75. The third-order valence-corrected chi connectivity index (χ3v) is 4.43. The summed E-state index contributed by atoms with van der Waals surface area (Å²) in [5.74, 6) is 0.